The standard InChI is InChI=1S/C24H21ClFN5O3/c25-19-14-28-31(18-10-8-17(9-11-18)29-24(33)34)21(19)23(32)30-22-20(26)12-16(13-27-22)7-6-15-4-2-1-3-5-15/h1-5,12-14,17-18,29H,8-11H2,(H,33,34)(H,27,30,32)/t17-,18-. The third kappa shape index (κ3) is 5.53. The Bertz CT molecular complexity index is 1260. The van der Waals surface area contributed by atoms with Crippen molar-refractivity contribution in [3.05, 3.63) is 76.5 Å². The van der Waals surface area contributed by atoms with Crippen LogP contribution in [-0.2, 0) is 0 Å². The van der Waals surface area contributed by atoms with Crippen molar-refractivity contribution in [1.82, 2.24) is 20.1 Å². The van der Waals surface area contributed by atoms with Crippen LogP contribution in [0.3, 0.4) is 0 Å². The molecule has 0 aliphatic heterocycles. The lowest BCUT2D eigenvalue weighted by molar-refractivity contribution is 0.101. The Morgan fingerprint density at radius 3 is 2.47 bits per heavy atom. The molecule has 0 saturated heterocycles. The zero-order valence-electron chi connectivity index (χ0n) is 18.0. The Balaban J connectivity index is 1.46. The van der Waals surface area contributed by atoms with E-state index in [1.807, 2.05) is 30.3 Å². The number of hydrogen-bond acceptors (Lipinski definition) is 4. The summed E-state index contributed by atoms with van der Waals surface area (Å²) in [5.74, 6) is 4.16. The normalized spacial score (nSPS) is 17.4. The summed E-state index contributed by atoms with van der Waals surface area (Å²) in [6, 6.07) is 10.2. The summed E-state index contributed by atoms with van der Waals surface area (Å²) >= 11 is 6.22. The monoisotopic (exact) mass is 481 g/mol. The molecule has 1 aromatic carbocycles. The molecule has 2 aromatic heterocycles. The van der Waals surface area contributed by atoms with Crippen molar-refractivity contribution in [1.29, 1.82) is 0 Å². The van der Waals surface area contributed by atoms with Crippen LogP contribution in [-0.4, -0.2) is 37.9 Å². The molecule has 34 heavy (non-hydrogen) atoms. The Morgan fingerprint density at radius 1 is 1.09 bits per heavy atom. The highest BCUT2D eigenvalue weighted by atomic mass is 35.5. The lowest BCUT2D eigenvalue weighted by atomic mass is 9.91. The number of rotatable bonds is 4. The van der Waals surface area contributed by atoms with E-state index in [-0.39, 0.29) is 28.6 Å². The van der Waals surface area contributed by atoms with E-state index < -0.39 is 17.8 Å². The SMILES string of the molecule is O=C(O)N[C@H]1CC[C@H](n2ncc(Cl)c2C(=O)Nc2ncc(C#Cc3ccccc3)cc2F)CC1. The first-order valence-electron chi connectivity index (χ1n) is 10.7. The van der Waals surface area contributed by atoms with Crippen LogP contribution in [0.25, 0.3) is 0 Å². The van der Waals surface area contributed by atoms with Crippen LogP contribution in [0.4, 0.5) is 15.0 Å². The Kier molecular flexibility index (Phi) is 7.09. The van der Waals surface area contributed by atoms with Gasteiger partial charge in [0, 0.05) is 23.4 Å². The second-order valence-electron chi connectivity index (χ2n) is 7.87. The fraction of sp³-hybridized carbons (Fsp3) is 0.250. The number of carboxylic acid groups (broad SMARTS) is 1. The number of nitrogens with zero attached hydrogens (tertiary/aromatic N) is 3. The fourth-order valence-electron chi connectivity index (χ4n) is 3.90. The molecule has 10 heteroatoms. The molecule has 3 N–H and O–H groups in total. The fourth-order valence-corrected chi connectivity index (χ4v) is 4.12. The van der Waals surface area contributed by atoms with Crippen molar-refractivity contribution in [2.75, 3.05) is 5.32 Å². The van der Waals surface area contributed by atoms with Gasteiger partial charge in [0.1, 0.15) is 5.69 Å². The Labute approximate surface area is 200 Å². The Morgan fingerprint density at radius 2 is 1.79 bits per heavy atom. The van der Waals surface area contributed by atoms with Crippen molar-refractivity contribution in [2.45, 2.75) is 37.8 Å². The van der Waals surface area contributed by atoms with Gasteiger partial charge in [0.25, 0.3) is 5.91 Å². The van der Waals surface area contributed by atoms with Crippen LogP contribution in [0, 0.1) is 17.7 Å². The molecule has 3 aromatic rings. The van der Waals surface area contributed by atoms with E-state index in [9.17, 15) is 14.0 Å². The minimum Gasteiger partial charge on any atom is -0.465 e. The second kappa shape index (κ2) is 10.4. The molecule has 1 saturated carbocycles. The number of halogens is 2. The molecule has 0 spiro atoms. The highest BCUT2D eigenvalue weighted by Gasteiger charge is 2.28. The summed E-state index contributed by atoms with van der Waals surface area (Å²) < 4.78 is 16.1. The summed E-state index contributed by atoms with van der Waals surface area (Å²) in [6.45, 7) is 0. The Hall–Kier alpha value is -3.90. The van der Waals surface area contributed by atoms with Gasteiger partial charge >= 0.3 is 6.09 Å². The number of aromatic nitrogens is 3. The molecule has 0 unspecified atom stereocenters. The molecule has 0 atom stereocenters. The van der Waals surface area contributed by atoms with Gasteiger partial charge in [-0.1, -0.05) is 41.6 Å². The summed E-state index contributed by atoms with van der Waals surface area (Å²) in [4.78, 5) is 27.8. The average molecular weight is 482 g/mol. The zero-order chi connectivity index (χ0) is 24.1. The molecule has 8 nitrogen and oxygen atoms in total. The van der Waals surface area contributed by atoms with Crippen LogP contribution in [0.15, 0.2) is 48.8 Å². The molecule has 1 aliphatic rings. The van der Waals surface area contributed by atoms with Gasteiger partial charge in [-0.15, -0.1) is 0 Å². The predicted molar refractivity (Wildman–Crippen MR) is 124 cm³/mol. The van der Waals surface area contributed by atoms with Crippen LogP contribution >= 0.6 is 11.6 Å². The van der Waals surface area contributed by atoms with E-state index in [1.54, 1.807) is 0 Å². The third-order valence-electron chi connectivity index (χ3n) is 5.53. The maximum atomic E-state index is 14.6. The number of anilines is 1. The summed E-state index contributed by atoms with van der Waals surface area (Å²) in [5, 5.41) is 18.2. The number of carbonyl (C=O) groups is 2. The molecule has 1 fully saturated rings. The molecule has 0 bridgehead atoms. The third-order valence-corrected chi connectivity index (χ3v) is 5.81. The summed E-state index contributed by atoms with van der Waals surface area (Å²) in [5.41, 5.74) is 1.26. The van der Waals surface area contributed by atoms with Gasteiger partial charge in [0.05, 0.1) is 17.3 Å². The van der Waals surface area contributed by atoms with Crippen LogP contribution in [0.2, 0.25) is 5.02 Å². The van der Waals surface area contributed by atoms with Crippen LogP contribution in [0.5, 0.6) is 0 Å². The molecule has 4 rings (SSSR count). The van der Waals surface area contributed by atoms with Crippen LogP contribution < -0.4 is 10.6 Å². The smallest absolute Gasteiger partial charge is 0.404 e. The topological polar surface area (TPSA) is 109 Å². The van der Waals surface area contributed by atoms with E-state index in [4.69, 9.17) is 16.7 Å². The van der Waals surface area contributed by atoms with Crippen LogP contribution in [0.1, 0.15) is 53.3 Å². The first kappa shape index (κ1) is 23.3. The van der Waals surface area contributed by atoms with E-state index >= 15 is 0 Å². The van der Waals surface area contributed by atoms with Gasteiger partial charge in [-0.2, -0.15) is 5.10 Å². The molecule has 2 heterocycles. The maximum absolute atomic E-state index is 14.6. The first-order valence-corrected chi connectivity index (χ1v) is 11.0. The first-order chi connectivity index (χ1) is 16.4. The molecule has 0 radical (unpaired) electrons. The number of pyridine rings is 1. The van der Waals surface area contributed by atoms with Crippen molar-refractivity contribution in [3.8, 4) is 11.8 Å². The zero-order valence-corrected chi connectivity index (χ0v) is 18.7. The lowest BCUT2D eigenvalue weighted by Crippen LogP contribution is -2.37. The second-order valence-corrected chi connectivity index (χ2v) is 8.27. The van der Waals surface area contributed by atoms with Gasteiger partial charge in [-0.05, 0) is 43.9 Å². The van der Waals surface area contributed by atoms with Gasteiger partial charge in [-0.25, -0.2) is 14.2 Å². The molecule has 2 amide bonds. The lowest BCUT2D eigenvalue weighted by Gasteiger charge is -2.29. The number of amides is 2. The van der Waals surface area contributed by atoms with Crippen molar-refractivity contribution >= 4 is 29.4 Å². The number of hydrogen-bond donors (Lipinski definition) is 3. The van der Waals surface area contributed by atoms with E-state index in [0.717, 1.165) is 5.56 Å². The van der Waals surface area contributed by atoms with Gasteiger partial charge < -0.3 is 15.7 Å². The minimum atomic E-state index is -1.06. The van der Waals surface area contributed by atoms with E-state index in [2.05, 4.69) is 32.6 Å². The van der Waals surface area contributed by atoms with Crippen molar-refractivity contribution in [3.63, 3.8) is 0 Å². The molecular weight excluding hydrogens is 461 g/mol. The molecule has 1 aliphatic carbocycles. The number of carbonyl (C=O) groups excluding carboxylic acids is 1. The van der Waals surface area contributed by atoms with Gasteiger partial charge in [-0.3, -0.25) is 9.48 Å². The van der Waals surface area contributed by atoms with E-state index in [1.165, 1.54) is 23.1 Å². The number of benzene rings is 1. The minimum absolute atomic E-state index is 0.102. The van der Waals surface area contributed by atoms with E-state index in [0.29, 0.717) is 31.2 Å². The quantitative estimate of drug-likeness (QED) is 0.476. The summed E-state index contributed by atoms with van der Waals surface area (Å²) in [7, 11) is 0. The van der Waals surface area contributed by atoms with Gasteiger partial charge in [0.15, 0.2) is 11.6 Å². The molecule has 174 valence electrons. The molecular formula is C24H21ClFN5O3. The van der Waals surface area contributed by atoms with Crippen molar-refractivity contribution in [2.24, 2.45) is 0 Å². The predicted octanol–water partition coefficient (Wildman–Crippen LogP) is 4.47. The number of nitrogens with one attached hydrogen (secondary N) is 2. The largest absolute Gasteiger partial charge is 0.465 e. The van der Waals surface area contributed by atoms with Gasteiger partial charge in [0.2, 0.25) is 0 Å². The van der Waals surface area contributed by atoms with Crippen molar-refractivity contribution < 1.29 is 19.1 Å². The summed E-state index contributed by atoms with van der Waals surface area (Å²) in [6.07, 6.45) is 4.13. The maximum Gasteiger partial charge on any atom is 0.404 e. The highest BCUT2D eigenvalue weighted by Crippen LogP contribution is 2.31. The highest BCUT2D eigenvalue weighted by molar-refractivity contribution is 6.34. The average Bonchev–Trinajstić information content (AvgIpc) is 3.21.